The molecule has 0 aliphatic heterocycles. The molecule has 3 aliphatic carbocycles. The first-order valence-electron chi connectivity index (χ1n) is 6.01. The standard InChI is InChI=1S/C12H20O/c13-11-9-5-7-12(11)6-3-1-2-4-10(12)8-9/h9-11,13H,1-8H2/t9-,10-,11-,12+/m0/s1. The van der Waals surface area contributed by atoms with E-state index < -0.39 is 0 Å². The fourth-order valence-electron chi connectivity index (χ4n) is 4.43. The highest BCUT2D eigenvalue weighted by Gasteiger charge is 2.58. The van der Waals surface area contributed by atoms with E-state index in [9.17, 15) is 5.11 Å². The lowest BCUT2D eigenvalue weighted by Gasteiger charge is -2.35. The zero-order valence-electron chi connectivity index (χ0n) is 8.34. The van der Waals surface area contributed by atoms with E-state index in [4.69, 9.17) is 0 Å². The molecule has 0 aromatic carbocycles. The molecule has 3 fully saturated rings. The van der Waals surface area contributed by atoms with Gasteiger partial charge in [0, 0.05) is 0 Å². The van der Waals surface area contributed by atoms with Gasteiger partial charge in [0.15, 0.2) is 0 Å². The highest BCUT2D eigenvalue weighted by Crippen LogP contribution is 2.62. The lowest BCUT2D eigenvalue weighted by Crippen LogP contribution is -2.32. The maximum Gasteiger partial charge on any atom is 0.0627 e. The summed E-state index contributed by atoms with van der Waals surface area (Å²) < 4.78 is 0. The van der Waals surface area contributed by atoms with E-state index >= 15 is 0 Å². The summed E-state index contributed by atoms with van der Waals surface area (Å²) >= 11 is 0. The van der Waals surface area contributed by atoms with Gasteiger partial charge in [0.2, 0.25) is 0 Å². The molecule has 4 atom stereocenters. The Morgan fingerprint density at radius 2 is 1.92 bits per heavy atom. The van der Waals surface area contributed by atoms with Crippen LogP contribution < -0.4 is 0 Å². The summed E-state index contributed by atoms with van der Waals surface area (Å²) in [5, 5.41) is 10.2. The quantitative estimate of drug-likeness (QED) is 0.607. The zero-order chi connectivity index (χ0) is 8.89. The van der Waals surface area contributed by atoms with Crippen molar-refractivity contribution in [1.29, 1.82) is 0 Å². The van der Waals surface area contributed by atoms with Crippen molar-refractivity contribution in [2.75, 3.05) is 0 Å². The monoisotopic (exact) mass is 180 g/mol. The first kappa shape index (κ1) is 8.28. The Balaban J connectivity index is 1.92. The number of aliphatic hydroxyl groups excluding tert-OH is 1. The smallest absolute Gasteiger partial charge is 0.0627 e. The molecule has 3 aliphatic rings. The lowest BCUT2D eigenvalue weighted by atomic mass is 9.71. The molecule has 0 aromatic heterocycles. The minimum Gasteiger partial charge on any atom is -0.392 e. The van der Waals surface area contributed by atoms with Crippen LogP contribution in [0.3, 0.4) is 0 Å². The van der Waals surface area contributed by atoms with Gasteiger partial charge in [0.05, 0.1) is 6.10 Å². The molecule has 1 spiro atoms. The molecule has 0 heterocycles. The van der Waals surface area contributed by atoms with Crippen molar-refractivity contribution in [2.24, 2.45) is 17.3 Å². The molecule has 1 heteroatoms. The maximum atomic E-state index is 10.2. The molecule has 0 amide bonds. The van der Waals surface area contributed by atoms with Crippen molar-refractivity contribution in [3.8, 4) is 0 Å². The second-order valence-corrected chi connectivity index (χ2v) is 5.51. The third kappa shape index (κ3) is 0.971. The minimum absolute atomic E-state index is 0.0793. The Bertz CT molecular complexity index is 213. The fraction of sp³-hybridized carbons (Fsp3) is 1.00. The number of hydrogen-bond donors (Lipinski definition) is 1. The van der Waals surface area contributed by atoms with Crippen molar-refractivity contribution in [1.82, 2.24) is 0 Å². The fourth-order valence-corrected chi connectivity index (χ4v) is 4.43. The molecule has 3 saturated carbocycles. The Morgan fingerprint density at radius 1 is 1.00 bits per heavy atom. The largest absolute Gasteiger partial charge is 0.392 e. The average Bonchev–Trinajstić information content (AvgIpc) is 2.50. The summed E-state index contributed by atoms with van der Waals surface area (Å²) in [7, 11) is 0. The molecule has 0 saturated heterocycles. The van der Waals surface area contributed by atoms with Gasteiger partial charge >= 0.3 is 0 Å². The first-order chi connectivity index (χ1) is 6.33. The van der Waals surface area contributed by atoms with Crippen molar-refractivity contribution in [3.05, 3.63) is 0 Å². The summed E-state index contributed by atoms with van der Waals surface area (Å²) in [6.07, 6.45) is 11.0. The van der Waals surface area contributed by atoms with Gasteiger partial charge in [0.1, 0.15) is 0 Å². The summed E-state index contributed by atoms with van der Waals surface area (Å²) in [6, 6.07) is 0. The predicted molar refractivity (Wildman–Crippen MR) is 52.4 cm³/mol. The predicted octanol–water partition coefficient (Wildman–Crippen LogP) is 2.73. The normalized spacial score (nSPS) is 54.7. The molecular weight excluding hydrogens is 160 g/mol. The van der Waals surface area contributed by atoms with E-state index in [0.717, 1.165) is 5.92 Å². The topological polar surface area (TPSA) is 20.2 Å². The Morgan fingerprint density at radius 3 is 2.77 bits per heavy atom. The van der Waals surface area contributed by atoms with Crippen molar-refractivity contribution in [3.63, 3.8) is 0 Å². The van der Waals surface area contributed by atoms with Crippen LogP contribution in [0.25, 0.3) is 0 Å². The number of hydrogen-bond acceptors (Lipinski definition) is 1. The zero-order valence-corrected chi connectivity index (χ0v) is 8.34. The van der Waals surface area contributed by atoms with Crippen LogP contribution in [0.2, 0.25) is 0 Å². The van der Waals surface area contributed by atoms with Crippen LogP contribution in [0.4, 0.5) is 0 Å². The third-order valence-electron chi connectivity index (χ3n) is 5.11. The van der Waals surface area contributed by atoms with Crippen molar-refractivity contribution >= 4 is 0 Å². The van der Waals surface area contributed by atoms with E-state index in [1.165, 1.54) is 51.4 Å². The van der Waals surface area contributed by atoms with Gasteiger partial charge in [-0.2, -0.15) is 0 Å². The molecule has 0 aromatic rings. The van der Waals surface area contributed by atoms with Crippen LogP contribution in [0.5, 0.6) is 0 Å². The third-order valence-corrected chi connectivity index (χ3v) is 5.11. The van der Waals surface area contributed by atoms with Gasteiger partial charge in [-0.1, -0.05) is 19.3 Å². The second kappa shape index (κ2) is 2.73. The van der Waals surface area contributed by atoms with Crippen LogP contribution in [0.1, 0.15) is 51.4 Å². The highest BCUT2D eigenvalue weighted by atomic mass is 16.3. The molecule has 1 nitrogen and oxygen atoms in total. The molecule has 74 valence electrons. The van der Waals surface area contributed by atoms with Crippen LogP contribution in [-0.4, -0.2) is 11.2 Å². The van der Waals surface area contributed by atoms with Crippen molar-refractivity contribution in [2.45, 2.75) is 57.5 Å². The van der Waals surface area contributed by atoms with Crippen molar-refractivity contribution < 1.29 is 5.11 Å². The molecular formula is C12H20O. The van der Waals surface area contributed by atoms with Gasteiger partial charge in [-0.3, -0.25) is 0 Å². The van der Waals surface area contributed by atoms with Gasteiger partial charge in [-0.05, 0) is 49.4 Å². The molecule has 3 rings (SSSR count). The Kier molecular flexibility index (Phi) is 1.74. The SMILES string of the molecule is O[C@H]1[C@H]2CC[C@@]13CCCCC[C@H]3C2. The summed E-state index contributed by atoms with van der Waals surface area (Å²) in [4.78, 5) is 0. The van der Waals surface area contributed by atoms with E-state index in [2.05, 4.69) is 0 Å². The van der Waals surface area contributed by atoms with Crippen LogP contribution >= 0.6 is 0 Å². The average molecular weight is 180 g/mol. The molecule has 0 radical (unpaired) electrons. The van der Waals surface area contributed by atoms with Crippen LogP contribution in [0.15, 0.2) is 0 Å². The lowest BCUT2D eigenvalue weighted by molar-refractivity contribution is 0.0316. The number of fused-ring (bicyclic) bond motifs is 1. The summed E-state index contributed by atoms with van der Waals surface area (Å²) in [6.45, 7) is 0. The van der Waals surface area contributed by atoms with Gasteiger partial charge < -0.3 is 5.11 Å². The van der Waals surface area contributed by atoms with E-state index in [1.807, 2.05) is 0 Å². The first-order valence-corrected chi connectivity index (χ1v) is 6.01. The van der Waals surface area contributed by atoms with Crippen LogP contribution in [-0.2, 0) is 0 Å². The number of rotatable bonds is 0. The molecule has 13 heavy (non-hydrogen) atoms. The summed E-state index contributed by atoms with van der Waals surface area (Å²) in [5.74, 6) is 1.58. The highest BCUT2D eigenvalue weighted by molar-refractivity contribution is 5.08. The van der Waals surface area contributed by atoms with Gasteiger partial charge in [-0.25, -0.2) is 0 Å². The Hall–Kier alpha value is -0.0400. The maximum absolute atomic E-state index is 10.2. The van der Waals surface area contributed by atoms with Crippen LogP contribution in [0, 0.1) is 17.3 Å². The minimum atomic E-state index is 0.0793. The number of aliphatic hydroxyl groups is 1. The molecule has 2 bridgehead atoms. The second-order valence-electron chi connectivity index (χ2n) is 5.51. The van der Waals surface area contributed by atoms with E-state index in [1.54, 1.807) is 0 Å². The van der Waals surface area contributed by atoms with E-state index in [-0.39, 0.29) is 6.10 Å². The molecule has 1 N–H and O–H groups in total. The summed E-state index contributed by atoms with van der Waals surface area (Å²) in [5.41, 5.74) is 0.404. The molecule has 0 unspecified atom stereocenters. The Labute approximate surface area is 80.5 Å². The van der Waals surface area contributed by atoms with E-state index in [0.29, 0.717) is 11.3 Å². The van der Waals surface area contributed by atoms with Gasteiger partial charge in [-0.15, -0.1) is 0 Å². The van der Waals surface area contributed by atoms with Gasteiger partial charge in [0.25, 0.3) is 0 Å².